The predicted octanol–water partition coefficient (Wildman–Crippen LogP) is 3.40. The number of aliphatic hydroxyl groups excluding tert-OH is 1. The third-order valence-electron chi connectivity index (χ3n) is 6.16. The van der Waals surface area contributed by atoms with Crippen molar-refractivity contribution in [3.8, 4) is 5.82 Å². The zero-order valence-corrected chi connectivity index (χ0v) is 19.4. The van der Waals surface area contributed by atoms with Crippen LogP contribution in [0, 0.1) is 6.92 Å². The minimum absolute atomic E-state index is 0.226. The predicted molar refractivity (Wildman–Crippen MR) is 126 cm³/mol. The number of hydrogen-bond acceptors (Lipinski definition) is 6. The second-order valence-corrected chi connectivity index (χ2v) is 8.93. The SMILES string of the molecule is Cc1nn(-c2ccnc(N(C)c3ccc4c(c3)c(Cl)cn4C)n2)cc1CN1C[C@@H](F)[C@@H](O)C1. The van der Waals surface area contributed by atoms with Crippen molar-refractivity contribution in [1.29, 1.82) is 0 Å². The molecule has 1 aromatic carbocycles. The van der Waals surface area contributed by atoms with Crippen LogP contribution < -0.4 is 4.90 Å². The van der Waals surface area contributed by atoms with E-state index < -0.39 is 12.3 Å². The highest BCUT2D eigenvalue weighted by Gasteiger charge is 2.31. The van der Waals surface area contributed by atoms with Crippen LogP contribution in [0.1, 0.15) is 11.3 Å². The Bertz CT molecular complexity index is 1310. The lowest BCUT2D eigenvalue weighted by Crippen LogP contribution is -2.21. The number of aryl methyl sites for hydroxylation is 2. The minimum Gasteiger partial charge on any atom is -0.389 e. The molecule has 0 bridgehead atoms. The molecule has 1 aliphatic rings. The second-order valence-electron chi connectivity index (χ2n) is 8.52. The molecule has 0 saturated carbocycles. The summed E-state index contributed by atoms with van der Waals surface area (Å²) in [5.41, 5.74) is 3.77. The number of alkyl halides is 1. The fourth-order valence-corrected chi connectivity index (χ4v) is 4.54. The van der Waals surface area contributed by atoms with E-state index in [9.17, 15) is 9.50 Å². The van der Waals surface area contributed by atoms with E-state index in [1.165, 1.54) is 0 Å². The molecule has 10 heteroatoms. The molecule has 0 radical (unpaired) electrons. The molecule has 2 atom stereocenters. The number of hydrogen-bond donors (Lipinski definition) is 1. The number of halogens is 2. The monoisotopic (exact) mass is 469 g/mol. The first-order chi connectivity index (χ1) is 15.8. The molecule has 8 nitrogen and oxygen atoms in total. The molecule has 172 valence electrons. The van der Waals surface area contributed by atoms with Crippen molar-refractivity contribution in [2.24, 2.45) is 7.05 Å². The maximum Gasteiger partial charge on any atom is 0.231 e. The van der Waals surface area contributed by atoms with Crippen LogP contribution in [0.25, 0.3) is 16.7 Å². The van der Waals surface area contributed by atoms with Crippen molar-refractivity contribution in [1.82, 2.24) is 29.2 Å². The number of likely N-dealkylation sites (tertiary alicyclic amines) is 1. The minimum atomic E-state index is -1.20. The Balaban J connectivity index is 1.40. The highest BCUT2D eigenvalue weighted by atomic mass is 35.5. The lowest BCUT2D eigenvalue weighted by atomic mass is 10.2. The Morgan fingerprint density at radius 3 is 2.82 bits per heavy atom. The van der Waals surface area contributed by atoms with Crippen molar-refractivity contribution in [2.45, 2.75) is 25.7 Å². The number of rotatable bonds is 5. The van der Waals surface area contributed by atoms with Crippen LogP contribution in [0.2, 0.25) is 5.02 Å². The quantitative estimate of drug-likeness (QED) is 0.483. The van der Waals surface area contributed by atoms with E-state index in [0.717, 1.165) is 27.8 Å². The van der Waals surface area contributed by atoms with Gasteiger partial charge in [0.05, 0.1) is 16.8 Å². The van der Waals surface area contributed by atoms with Crippen LogP contribution in [0.3, 0.4) is 0 Å². The summed E-state index contributed by atoms with van der Waals surface area (Å²) in [5.74, 6) is 1.15. The van der Waals surface area contributed by atoms with E-state index >= 15 is 0 Å². The molecule has 4 aromatic rings. The normalized spacial score (nSPS) is 19.0. The lowest BCUT2D eigenvalue weighted by molar-refractivity contribution is 0.115. The highest BCUT2D eigenvalue weighted by molar-refractivity contribution is 6.35. The molecular formula is C23H25ClFN7O. The van der Waals surface area contributed by atoms with Gasteiger partial charge in [-0.3, -0.25) is 4.90 Å². The van der Waals surface area contributed by atoms with E-state index in [-0.39, 0.29) is 6.54 Å². The lowest BCUT2D eigenvalue weighted by Gasteiger charge is -2.18. The van der Waals surface area contributed by atoms with Gasteiger partial charge in [-0.2, -0.15) is 10.1 Å². The van der Waals surface area contributed by atoms with Gasteiger partial charge < -0.3 is 14.6 Å². The van der Waals surface area contributed by atoms with Crippen LogP contribution in [-0.4, -0.2) is 66.7 Å². The van der Waals surface area contributed by atoms with Gasteiger partial charge in [0.25, 0.3) is 0 Å². The van der Waals surface area contributed by atoms with Gasteiger partial charge in [-0.05, 0) is 25.1 Å². The van der Waals surface area contributed by atoms with E-state index in [0.29, 0.717) is 29.9 Å². The van der Waals surface area contributed by atoms with Crippen LogP contribution >= 0.6 is 11.6 Å². The number of fused-ring (bicyclic) bond motifs is 1. The Hall–Kier alpha value is -3.01. The van der Waals surface area contributed by atoms with Gasteiger partial charge in [-0.1, -0.05) is 11.6 Å². The number of anilines is 2. The van der Waals surface area contributed by atoms with Crippen LogP contribution in [0.4, 0.5) is 16.0 Å². The van der Waals surface area contributed by atoms with Gasteiger partial charge in [-0.25, -0.2) is 14.1 Å². The number of aromatic nitrogens is 5. The molecule has 5 rings (SSSR count). The van der Waals surface area contributed by atoms with Crippen LogP contribution in [0.15, 0.2) is 42.9 Å². The van der Waals surface area contributed by atoms with Crippen molar-refractivity contribution < 1.29 is 9.50 Å². The zero-order valence-electron chi connectivity index (χ0n) is 18.7. The molecule has 0 amide bonds. The number of nitrogens with zero attached hydrogens (tertiary/aromatic N) is 7. The summed E-state index contributed by atoms with van der Waals surface area (Å²) in [6.07, 6.45) is 3.36. The summed E-state index contributed by atoms with van der Waals surface area (Å²) >= 11 is 6.38. The number of β-amino-alcohol motifs (C(OH)–C–C–N with tert-alkyl or cyclic N) is 1. The third kappa shape index (κ3) is 4.07. The maximum absolute atomic E-state index is 13.7. The van der Waals surface area contributed by atoms with Crippen molar-refractivity contribution in [3.63, 3.8) is 0 Å². The van der Waals surface area contributed by atoms with E-state index in [2.05, 4.69) is 10.1 Å². The van der Waals surface area contributed by atoms with E-state index in [1.807, 2.05) is 66.0 Å². The van der Waals surface area contributed by atoms with Gasteiger partial charge in [0.2, 0.25) is 5.95 Å². The first-order valence-corrected chi connectivity index (χ1v) is 11.1. The Morgan fingerprint density at radius 2 is 2.06 bits per heavy atom. The van der Waals surface area contributed by atoms with Gasteiger partial charge >= 0.3 is 0 Å². The summed E-state index contributed by atoms with van der Waals surface area (Å²) in [6, 6.07) is 7.85. The first kappa shape index (κ1) is 21.8. The van der Waals surface area contributed by atoms with E-state index in [4.69, 9.17) is 16.6 Å². The summed E-state index contributed by atoms with van der Waals surface area (Å²) in [5, 5.41) is 15.9. The molecule has 1 N–H and O–H groups in total. The van der Waals surface area contributed by atoms with Crippen molar-refractivity contribution >= 4 is 34.1 Å². The molecule has 0 aliphatic carbocycles. The number of benzene rings is 1. The topological polar surface area (TPSA) is 75.2 Å². The maximum atomic E-state index is 13.7. The summed E-state index contributed by atoms with van der Waals surface area (Å²) in [6.45, 7) is 2.99. The van der Waals surface area contributed by atoms with Gasteiger partial charge in [0.1, 0.15) is 6.17 Å². The second kappa shape index (κ2) is 8.40. The first-order valence-electron chi connectivity index (χ1n) is 10.7. The van der Waals surface area contributed by atoms with Gasteiger partial charge in [-0.15, -0.1) is 0 Å². The van der Waals surface area contributed by atoms with Crippen LogP contribution in [0.5, 0.6) is 0 Å². The standard InChI is InChI=1S/C23H25ClFN7O/c1-14-15(9-31-12-19(25)21(33)13-31)10-32(28-14)22-6-7-26-23(27-22)30(3)16-4-5-20-17(8-16)18(24)11-29(20)2/h4-8,10-11,19,21,33H,9,12-13H2,1-3H3/t19-,21+/m1/s1. The third-order valence-corrected chi connectivity index (χ3v) is 6.47. The van der Waals surface area contributed by atoms with E-state index in [1.54, 1.807) is 16.9 Å². The number of aliphatic hydroxyl groups is 1. The fourth-order valence-electron chi connectivity index (χ4n) is 4.24. The van der Waals surface area contributed by atoms with Crippen molar-refractivity contribution in [2.75, 3.05) is 25.0 Å². The molecule has 33 heavy (non-hydrogen) atoms. The molecule has 3 aromatic heterocycles. The summed E-state index contributed by atoms with van der Waals surface area (Å²) in [7, 11) is 3.87. The Labute approximate surface area is 195 Å². The Kier molecular flexibility index (Phi) is 5.55. The molecule has 1 saturated heterocycles. The van der Waals surface area contributed by atoms with Gasteiger partial charge in [0, 0.05) is 80.5 Å². The average Bonchev–Trinajstić information content (AvgIpc) is 3.42. The molecule has 0 spiro atoms. The molecule has 4 heterocycles. The van der Waals surface area contributed by atoms with Gasteiger partial charge in [0.15, 0.2) is 5.82 Å². The smallest absolute Gasteiger partial charge is 0.231 e. The molecule has 1 aliphatic heterocycles. The highest BCUT2D eigenvalue weighted by Crippen LogP contribution is 2.31. The summed E-state index contributed by atoms with van der Waals surface area (Å²) < 4.78 is 17.4. The zero-order chi connectivity index (χ0) is 23.3. The molecule has 0 unspecified atom stereocenters. The summed E-state index contributed by atoms with van der Waals surface area (Å²) in [4.78, 5) is 12.9. The largest absolute Gasteiger partial charge is 0.389 e. The fraction of sp³-hybridized carbons (Fsp3) is 0.348. The Morgan fingerprint density at radius 1 is 1.24 bits per heavy atom. The van der Waals surface area contributed by atoms with Crippen molar-refractivity contribution in [3.05, 3.63) is 59.1 Å². The molecular weight excluding hydrogens is 445 g/mol. The molecule has 1 fully saturated rings. The average molecular weight is 470 g/mol. The van der Waals surface area contributed by atoms with Crippen LogP contribution in [-0.2, 0) is 13.6 Å².